The third-order valence-corrected chi connectivity index (χ3v) is 3.24. The molecule has 0 aliphatic heterocycles. The maximum Gasteiger partial charge on any atom is 0.118 e. The summed E-state index contributed by atoms with van der Waals surface area (Å²) in [5.74, 6) is 0.747. The van der Waals surface area contributed by atoms with E-state index in [9.17, 15) is 10.2 Å². The van der Waals surface area contributed by atoms with Crippen LogP contribution < -0.4 is 4.74 Å². The highest BCUT2D eigenvalue weighted by Crippen LogP contribution is 2.32. The van der Waals surface area contributed by atoms with Gasteiger partial charge in [-0.1, -0.05) is 32.4 Å². The van der Waals surface area contributed by atoms with Gasteiger partial charge in [-0.15, -0.1) is 0 Å². The summed E-state index contributed by atoms with van der Waals surface area (Å²) in [5, 5.41) is 20.6. The van der Waals surface area contributed by atoms with Crippen molar-refractivity contribution in [2.24, 2.45) is 0 Å². The fourth-order valence-corrected chi connectivity index (χ4v) is 2.02. The summed E-state index contributed by atoms with van der Waals surface area (Å²) in [7, 11) is 1.60. The monoisotopic (exact) mass is 238 g/mol. The average Bonchev–Trinajstić information content (AvgIpc) is 2.38. The molecule has 3 nitrogen and oxygen atoms in total. The largest absolute Gasteiger partial charge is 0.497 e. The summed E-state index contributed by atoms with van der Waals surface area (Å²) in [6, 6.07) is 7.21. The number of methoxy groups -OCH3 is 1. The van der Waals surface area contributed by atoms with Crippen LogP contribution in [-0.4, -0.2) is 23.4 Å². The molecule has 0 radical (unpaired) electrons. The van der Waals surface area contributed by atoms with Gasteiger partial charge in [0.2, 0.25) is 0 Å². The Morgan fingerprint density at radius 2 is 1.82 bits per heavy atom. The highest BCUT2D eigenvalue weighted by Gasteiger charge is 2.34. The first-order valence-electron chi connectivity index (χ1n) is 6.13. The van der Waals surface area contributed by atoms with Gasteiger partial charge in [0, 0.05) is 0 Å². The summed E-state index contributed by atoms with van der Waals surface area (Å²) in [6.07, 6.45) is 1.20. The number of ether oxygens (including phenoxy) is 1. The molecule has 2 atom stereocenters. The molecular formula is C14H22O3. The number of benzene rings is 1. The molecule has 0 fully saturated rings. The Labute approximate surface area is 103 Å². The summed E-state index contributed by atoms with van der Waals surface area (Å²) in [5.41, 5.74) is -0.427. The van der Waals surface area contributed by atoms with E-state index in [0.29, 0.717) is 12.8 Å². The lowest BCUT2D eigenvalue weighted by Crippen LogP contribution is -2.38. The predicted octanol–water partition coefficient (Wildman–Crippen LogP) is 2.45. The van der Waals surface area contributed by atoms with Crippen molar-refractivity contribution < 1.29 is 14.9 Å². The minimum atomic E-state index is -1.16. The van der Waals surface area contributed by atoms with Gasteiger partial charge >= 0.3 is 0 Å². The van der Waals surface area contributed by atoms with Crippen LogP contribution in [0.5, 0.6) is 5.75 Å². The maximum absolute atomic E-state index is 10.6. The zero-order valence-electron chi connectivity index (χ0n) is 10.8. The Balaban J connectivity index is 2.98. The van der Waals surface area contributed by atoms with E-state index in [1.807, 2.05) is 13.8 Å². The van der Waals surface area contributed by atoms with Gasteiger partial charge in [-0.05, 0) is 30.5 Å². The molecule has 2 N–H and O–H groups in total. The van der Waals surface area contributed by atoms with Crippen molar-refractivity contribution in [1.29, 1.82) is 0 Å². The van der Waals surface area contributed by atoms with Crippen LogP contribution >= 0.6 is 0 Å². The third-order valence-electron chi connectivity index (χ3n) is 3.24. The molecule has 3 heteroatoms. The van der Waals surface area contributed by atoms with Crippen LogP contribution in [0.25, 0.3) is 0 Å². The molecule has 17 heavy (non-hydrogen) atoms. The highest BCUT2D eigenvalue weighted by molar-refractivity contribution is 5.31. The lowest BCUT2D eigenvalue weighted by Gasteiger charge is -2.32. The average molecular weight is 238 g/mol. The normalized spacial score (nSPS) is 16.3. The van der Waals surface area contributed by atoms with Crippen molar-refractivity contribution in [3.05, 3.63) is 29.8 Å². The van der Waals surface area contributed by atoms with Crippen LogP contribution in [0, 0.1) is 0 Å². The summed E-state index contributed by atoms with van der Waals surface area (Å²) < 4.78 is 5.08. The molecule has 0 spiro atoms. The first kappa shape index (κ1) is 14.0. The molecule has 0 aromatic heterocycles. The van der Waals surface area contributed by atoms with E-state index < -0.39 is 11.7 Å². The van der Waals surface area contributed by atoms with Gasteiger partial charge in [-0.3, -0.25) is 0 Å². The number of hydrogen-bond donors (Lipinski definition) is 2. The van der Waals surface area contributed by atoms with Gasteiger partial charge in [0.25, 0.3) is 0 Å². The highest BCUT2D eigenvalue weighted by atomic mass is 16.5. The van der Waals surface area contributed by atoms with E-state index in [1.165, 1.54) is 0 Å². The second kappa shape index (κ2) is 6.03. The van der Waals surface area contributed by atoms with Gasteiger partial charge in [0.15, 0.2) is 0 Å². The van der Waals surface area contributed by atoms with Crippen LogP contribution in [0.3, 0.4) is 0 Å². The molecule has 0 unspecified atom stereocenters. The topological polar surface area (TPSA) is 49.7 Å². The fourth-order valence-electron chi connectivity index (χ4n) is 2.02. The Kier molecular flexibility index (Phi) is 4.97. The van der Waals surface area contributed by atoms with Crippen LogP contribution in [0.1, 0.15) is 38.7 Å². The maximum atomic E-state index is 10.6. The molecule has 1 rings (SSSR count). The van der Waals surface area contributed by atoms with Crippen molar-refractivity contribution in [2.45, 2.75) is 44.8 Å². The van der Waals surface area contributed by atoms with Crippen LogP contribution in [0.2, 0.25) is 0 Å². The van der Waals surface area contributed by atoms with E-state index in [1.54, 1.807) is 31.4 Å². The van der Waals surface area contributed by atoms with E-state index in [0.717, 1.165) is 17.7 Å². The van der Waals surface area contributed by atoms with Crippen molar-refractivity contribution in [1.82, 2.24) is 0 Å². The minimum Gasteiger partial charge on any atom is -0.497 e. The Morgan fingerprint density at radius 1 is 1.24 bits per heavy atom. The van der Waals surface area contributed by atoms with Crippen molar-refractivity contribution in [3.63, 3.8) is 0 Å². The standard InChI is InChI=1S/C14H22O3/c1-4-6-13(15)14(16,5-2)11-7-9-12(17-3)10-8-11/h7-10,13,15-16H,4-6H2,1-3H3/t13-,14-/m1/s1. The Bertz CT molecular complexity index is 334. The molecule has 96 valence electrons. The summed E-state index contributed by atoms with van der Waals surface area (Å²) in [6.45, 7) is 3.87. The van der Waals surface area contributed by atoms with Gasteiger partial charge in [0.1, 0.15) is 11.4 Å². The van der Waals surface area contributed by atoms with Gasteiger partial charge in [-0.2, -0.15) is 0 Å². The second-order valence-electron chi connectivity index (χ2n) is 4.31. The quantitative estimate of drug-likeness (QED) is 0.800. The first-order valence-corrected chi connectivity index (χ1v) is 6.13. The molecular weight excluding hydrogens is 216 g/mol. The van der Waals surface area contributed by atoms with E-state index in [-0.39, 0.29) is 0 Å². The van der Waals surface area contributed by atoms with Crippen LogP contribution in [0.4, 0.5) is 0 Å². The molecule has 0 bridgehead atoms. The molecule has 0 aliphatic rings. The molecule has 1 aromatic rings. The number of aliphatic hydroxyl groups excluding tert-OH is 1. The van der Waals surface area contributed by atoms with Crippen molar-refractivity contribution in [3.8, 4) is 5.75 Å². The van der Waals surface area contributed by atoms with E-state index in [4.69, 9.17) is 4.74 Å². The molecule has 1 aromatic carbocycles. The molecule has 0 heterocycles. The first-order chi connectivity index (χ1) is 8.08. The Hall–Kier alpha value is -1.06. The third kappa shape index (κ3) is 2.99. The van der Waals surface area contributed by atoms with Crippen LogP contribution in [0.15, 0.2) is 24.3 Å². The zero-order valence-corrected chi connectivity index (χ0v) is 10.8. The molecule has 0 aliphatic carbocycles. The van der Waals surface area contributed by atoms with E-state index >= 15 is 0 Å². The van der Waals surface area contributed by atoms with Gasteiger partial charge in [-0.25, -0.2) is 0 Å². The second-order valence-corrected chi connectivity index (χ2v) is 4.31. The zero-order chi connectivity index (χ0) is 12.9. The lowest BCUT2D eigenvalue weighted by molar-refractivity contribution is -0.0866. The van der Waals surface area contributed by atoms with Gasteiger partial charge < -0.3 is 14.9 Å². The summed E-state index contributed by atoms with van der Waals surface area (Å²) in [4.78, 5) is 0. The summed E-state index contributed by atoms with van der Waals surface area (Å²) >= 11 is 0. The minimum absolute atomic E-state index is 0.487. The smallest absolute Gasteiger partial charge is 0.118 e. The molecule has 0 saturated heterocycles. The molecule has 0 amide bonds. The van der Waals surface area contributed by atoms with E-state index in [2.05, 4.69) is 0 Å². The predicted molar refractivity (Wildman–Crippen MR) is 68.1 cm³/mol. The molecule has 0 saturated carbocycles. The lowest BCUT2D eigenvalue weighted by atomic mass is 9.84. The van der Waals surface area contributed by atoms with Crippen molar-refractivity contribution >= 4 is 0 Å². The van der Waals surface area contributed by atoms with Crippen molar-refractivity contribution in [2.75, 3.05) is 7.11 Å². The fraction of sp³-hybridized carbons (Fsp3) is 0.571. The Morgan fingerprint density at radius 3 is 2.24 bits per heavy atom. The number of hydrogen-bond acceptors (Lipinski definition) is 3. The van der Waals surface area contributed by atoms with Crippen LogP contribution in [-0.2, 0) is 5.60 Å². The number of rotatable bonds is 6. The SMILES string of the molecule is CCC[C@@H](O)[C@@](O)(CC)c1ccc(OC)cc1. The van der Waals surface area contributed by atoms with Gasteiger partial charge in [0.05, 0.1) is 13.2 Å². The number of aliphatic hydroxyl groups is 2.